The maximum Gasteiger partial charge on any atom is 0.0897 e. The molecule has 2 rings (SSSR count). The summed E-state index contributed by atoms with van der Waals surface area (Å²) in [7, 11) is 1.99. The fraction of sp³-hybridized carbons (Fsp3) is 0.455. The van der Waals surface area contributed by atoms with Gasteiger partial charge in [-0.15, -0.1) is 22.7 Å². The van der Waals surface area contributed by atoms with Gasteiger partial charge in [0.25, 0.3) is 0 Å². The first-order valence-corrected chi connectivity index (χ1v) is 6.89. The lowest BCUT2D eigenvalue weighted by Gasteiger charge is -2.11. The molecule has 0 saturated carbocycles. The molecular formula is C11H15N3S2. The molecule has 16 heavy (non-hydrogen) atoms. The third-order valence-electron chi connectivity index (χ3n) is 2.41. The van der Waals surface area contributed by atoms with E-state index in [1.807, 2.05) is 27.1 Å². The second-order valence-corrected chi connectivity index (χ2v) is 6.01. The van der Waals surface area contributed by atoms with Gasteiger partial charge in [-0.1, -0.05) is 0 Å². The normalized spacial score (nSPS) is 12.9. The molecule has 0 bridgehead atoms. The van der Waals surface area contributed by atoms with Crippen LogP contribution >= 0.6 is 22.7 Å². The van der Waals surface area contributed by atoms with Gasteiger partial charge in [0.15, 0.2) is 0 Å². The van der Waals surface area contributed by atoms with Crippen molar-refractivity contribution < 1.29 is 0 Å². The molecule has 0 aliphatic carbocycles. The predicted molar refractivity (Wildman–Crippen MR) is 69.2 cm³/mol. The lowest BCUT2D eigenvalue weighted by atomic mass is 10.1. The Bertz CT molecular complexity index is 461. The van der Waals surface area contributed by atoms with Crippen molar-refractivity contribution in [2.24, 2.45) is 0 Å². The van der Waals surface area contributed by atoms with Crippen LogP contribution in [0.25, 0.3) is 0 Å². The minimum atomic E-state index is 0.327. The number of thiazole rings is 2. The summed E-state index contributed by atoms with van der Waals surface area (Å²) < 4.78 is 0. The zero-order valence-corrected chi connectivity index (χ0v) is 11.3. The number of rotatable bonds is 4. The van der Waals surface area contributed by atoms with Crippen molar-refractivity contribution in [1.82, 2.24) is 15.3 Å². The number of aryl methyl sites for hydroxylation is 2. The average Bonchev–Trinajstić information content (AvgIpc) is 2.84. The van der Waals surface area contributed by atoms with E-state index in [9.17, 15) is 0 Å². The Morgan fingerprint density at radius 1 is 1.38 bits per heavy atom. The number of hydrogen-bond acceptors (Lipinski definition) is 5. The number of nitrogens with one attached hydrogen (secondary N) is 1. The predicted octanol–water partition coefficient (Wildman–Crippen LogP) is 2.72. The summed E-state index contributed by atoms with van der Waals surface area (Å²) >= 11 is 3.45. The first-order chi connectivity index (χ1) is 7.69. The Morgan fingerprint density at radius 2 is 2.19 bits per heavy atom. The molecule has 1 N–H and O–H groups in total. The van der Waals surface area contributed by atoms with Crippen molar-refractivity contribution in [2.45, 2.75) is 26.3 Å². The highest BCUT2D eigenvalue weighted by Crippen LogP contribution is 2.24. The monoisotopic (exact) mass is 253 g/mol. The van der Waals surface area contributed by atoms with E-state index in [-0.39, 0.29) is 0 Å². The number of aromatic nitrogens is 2. The standard InChI is InChI=1S/C11H15N3S2/c1-7-13-5-11(16-7)10(12-3)4-9-6-15-8(2)14-9/h5-6,10,12H,4H2,1-3H3. The van der Waals surface area contributed by atoms with Gasteiger partial charge >= 0.3 is 0 Å². The highest BCUT2D eigenvalue weighted by molar-refractivity contribution is 7.11. The summed E-state index contributed by atoms with van der Waals surface area (Å²) in [6.07, 6.45) is 2.89. The second kappa shape index (κ2) is 5.03. The average molecular weight is 253 g/mol. The number of nitrogens with zero attached hydrogens (tertiary/aromatic N) is 2. The third kappa shape index (κ3) is 2.66. The van der Waals surface area contributed by atoms with Gasteiger partial charge in [-0.05, 0) is 20.9 Å². The molecule has 0 spiro atoms. The Morgan fingerprint density at radius 3 is 2.69 bits per heavy atom. The van der Waals surface area contributed by atoms with E-state index < -0.39 is 0 Å². The van der Waals surface area contributed by atoms with Crippen molar-refractivity contribution in [3.63, 3.8) is 0 Å². The SMILES string of the molecule is CNC(Cc1csc(C)n1)c1cnc(C)s1. The Kier molecular flexibility index (Phi) is 3.68. The Hall–Kier alpha value is -0.780. The van der Waals surface area contributed by atoms with Gasteiger partial charge in [0.1, 0.15) is 0 Å². The van der Waals surface area contributed by atoms with Gasteiger partial charge in [-0.25, -0.2) is 9.97 Å². The molecule has 0 aromatic carbocycles. The van der Waals surface area contributed by atoms with Gasteiger partial charge in [-0.2, -0.15) is 0 Å². The summed E-state index contributed by atoms with van der Waals surface area (Å²) in [6.45, 7) is 4.08. The summed E-state index contributed by atoms with van der Waals surface area (Å²) in [4.78, 5) is 10.1. The quantitative estimate of drug-likeness (QED) is 0.910. The van der Waals surface area contributed by atoms with E-state index in [4.69, 9.17) is 0 Å². The van der Waals surface area contributed by atoms with E-state index in [0.717, 1.165) is 22.1 Å². The minimum Gasteiger partial charge on any atom is -0.312 e. The van der Waals surface area contributed by atoms with Crippen molar-refractivity contribution in [2.75, 3.05) is 7.05 Å². The lowest BCUT2D eigenvalue weighted by Crippen LogP contribution is -2.17. The molecule has 86 valence electrons. The van der Waals surface area contributed by atoms with Crippen LogP contribution < -0.4 is 5.32 Å². The minimum absolute atomic E-state index is 0.327. The molecule has 2 aromatic heterocycles. The maximum absolute atomic E-state index is 4.49. The highest BCUT2D eigenvalue weighted by Gasteiger charge is 2.14. The van der Waals surface area contributed by atoms with Crippen LogP contribution in [0, 0.1) is 13.8 Å². The van der Waals surface area contributed by atoms with E-state index in [0.29, 0.717) is 6.04 Å². The number of likely N-dealkylation sites (N-methyl/N-ethyl adjacent to an activating group) is 1. The fourth-order valence-electron chi connectivity index (χ4n) is 1.59. The molecule has 1 unspecified atom stereocenters. The molecule has 0 aliphatic rings. The van der Waals surface area contributed by atoms with Gasteiger partial charge < -0.3 is 5.32 Å². The maximum atomic E-state index is 4.49. The summed E-state index contributed by atoms with van der Waals surface area (Å²) in [6, 6.07) is 0.327. The second-order valence-electron chi connectivity index (χ2n) is 3.68. The Balaban J connectivity index is 2.12. The molecule has 0 radical (unpaired) electrons. The van der Waals surface area contributed by atoms with Gasteiger partial charge in [0.2, 0.25) is 0 Å². The smallest absolute Gasteiger partial charge is 0.0897 e. The van der Waals surface area contributed by atoms with Crippen molar-refractivity contribution >= 4 is 22.7 Å². The molecule has 2 aromatic rings. The topological polar surface area (TPSA) is 37.8 Å². The molecule has 1 atom stereocenters. The van der Waals surface area contributed by atoms with Crippen LogP contribution in [-0.2, 0) is 6.42 Å². The van der Waals surface area contributed by atoms with Crippen LogP contribution in [0.3, 0.4) is 0 Å². The first-order valence-electron chi connectivity index (χ1n) is 5.19. The van der Waals surface area contributed by atoms with Gasteiger partial charge in [0.05, 0.1) is 15.7 Å². The van der Waals surface area contributed by atoms with Gasteiger partial charge in [0, 0.05) is 28.9 Å². The van der Waals surface area contributed by atoms with Crippen LogP contribution in [0.2, 0.25) is 0 Å². The molecule has 0 fully saturated rings. The van der Waals surface area contributed by atoms with Crippen LogP contribution in [0.15, 0.2) is 11.6 Å². The fourth-order valence-corrected chi connectivity index (χ4v) is 3.12. The Labute approximate surface area is 104 Å². The largest absolute Gasteiger partial charge is 0.312 e. The van der Waals surface area contributed by atoms with E-state index in [1.165, 1.54) is 4.88 Å². The van der Waals surface area contributed by atoms with Crippen molar-refractivity contribution in [3.05, 3.63) is 32.2 Å². The number of hydrogen-bond donors (Lipinski definition) is 1. The molecule has 0 aliphatic heterocycles. The zero-order chi connectivity index (χ0) is 11.5. The molecule has 2 heterocycles. The summed E-state index contributed by atoms with van der Waals surface area (Å²) in [5, 5.41) is 7.70. The van der Waals surface area contributed by atoms with E-state index >= 15 is 0 Å². The summed E-state index contributed by atoms with van der Waals surface area (Å²) in [5.74, 6) is 0. The highest BCUT2D eigenvalue weighted by atomic mass is 32.1. The van der Waals surface area contributed by atoms with E-state index in [1.54, 1.807) is 22.7 Å². The molecule has 0 saturated heterocycles. The van der Waals surface area contributed by atoms with Crippen LogP contribution in [-0.4, -0.2) is 17.0 Å². The van der Waals surface area contributed by atoms with Crippen LogP contribution in [0.5, 0.6) is 0 Å². The van der Waals surface area contributed by atoms with Crippen molar-refractivity contribution in [1.29, 1.82) is 0 Å². The first kappa shape index (κ1) is 11.7. The summed E-state index contributed by atoms with van der Waals surface area (Å²) in [5.41, 5.74) is 1.16. The third-order valence-corrected chi connectivity index (χ3v) is 4.26. The van der Waals surface area contributed by atoms with Crippen molar-refractivity contribution in [3.8, 4) is 0 Å². The molecule has 3 nitrogen and oxygen atoms in total. The molecular weight excluding hydrogens is 238 g/mol. The van der Waals surface area contributed by atoms with Crippen LogP contribution in [0.1, 0.15) is 26.6 Å². The molecule has 5 heteroatoms. The lowest BCUT2D eigenvalue weighted by molar-refractivity contribution is 0.594. The van der Waals surface area contributed by atoms with E-state index in [2.05, 4.69) is 20.7 Å². The van der Waals surface area contributed by atoms with Gasteiger partial charge in [-0.3, -0.25) is 0 Å². The zero-order valence-electron chi connectivity index (χ0n) is 9.65. The molecule has 0 amide bonds. The van der Waals surface area contributed by atoms with Crippen LogP contribution in [0.4, 0.5) is 0 Å².